The second kappa shape index (κ2) is 11.3. The summed E-state index contributed by atoms with van der Waals surface area (Å²) in [5, 5.41) is 7.40. The number of para-hydroxylation sites is 1. The lowest BCUT2D eigenvalue weighted by Crippen LogP contribution is -2.46. The molecule has 1 aromatic carbocycles. The third-order valence-corrected chi connectivity index (χ3v) is 5.23. The Morgan fingerprint density at radius 2 is 2.04 bits per heavy atom. The number of aromatic amines is 1. The molecule has 28 heavy (non-hydrogen) atoms. The zero-order chi connectivity index (χ0) is 19.1. The third kappa shape index (κ3) is 6.12. The number of nitrogens with zero attached hydrogens (tertiary/aromatic N) is 2. The number of hydrogen-bond donors (Lipinski definition) is 3. The zero-order valence-corrected chi connectivity index (χ0v) is 19.2. The van der Waals surface area contributed by atoms with Crippen LogP contribution in [0.5, 0.6) is 0 Å². The van der Waals surface area contributed by atoms with Crippen molar-refractivity contribution in [1.82, 2.24) is 20.5 Å². The summed E-state index contributed by atoms with van der Waals surface area (Å²) < 4.78 is 0. The van der Waals surface area contributed by atoms with Crippen LogP contribution in [0.2, 0.25) is 0 Å². The molecule has 1 amide bonds. The number of rotatable bonds is 6. The van der Waals surface area contributed by atoms with Crippen molar-refractivity contribution >= 4 is 46.7 Å². The Labute approximate surface area is 184 Å². The molecule has 0 unspecified atom stereocenters. The molecule has 6 nitrogen and oxygen atoms in total. The van der Waals surface area contributed by atoms with Gasteiger partial charge in [-0.3, -0.25) is 9.79 Å². The Kier molecular flexibility index (Phi) is 9.08. The highest BCUT2D eigenvalue weighted by Crippen LogP contribution is 2.20. The number of aromatic nitrogens is 1. The van der Waals surface area contributed by atoms with E-state index < -0.39 is 0 Å². The minimum atomic E-state index is 0. The van der Waals surface area contributed by atoms with Crippen molar-refractivity contribution in [3.05, 3.63) is 36.0 Å². The molecule has 0 aliphatic carbocycles. The fourth-order valence-corrected chi connectivity index (χ4v) is 3.69. The summed E-state index contributed by atoms with van der Waals surface area (Å²) >= 11 is 0. The fourth-order valence-electron chi connectivity index (χ4n) is 3.69. The van der Waals surface area contributed by atoms with Crippen molar-refractivity contribution in [2.75, 3.05) is 33.2 Å². The van der Waals surface area contributed by atoms with E-state index in [0.29, 0.717) is 12.3 Å². The van der Waals surface area contributed by atoms with Gasteiger partial charge in [-0.1, -0.05) is 18.2 Å². The molecule has 3 rings (SSSR count). The number of H-pyrrole nitrogens is 1. The molecule has 0 radical (unpaired) electrons. The van der Waals surface area contributed by atoms with Gasteiger partial charge in [-0.05, 0) is 43.2 Å². The molecule has 7 heteroatoms. The predicted octanol–water partition coefficient (Wildman–Crippen LogP) is 3.14. The highest BCUT2D eigenvalue weighted by Gasteiger charge is 2.22. The van der Waals surface area contributed by atoms with Crippen LogP contribution in [0.15, 0.2) is 35.3 Å². The summed E-state index contributed by atoms with van der Waals surface area (Å²) in [7, 11) is 1.71. The average Bonchev–Trinajstić information content (AvgIpc) is 3.10. The summed E-state index contributed by atoms with van der Waals surface area (Å²) in [6.07, 6.45) is 3.62. The van der Waals surface area contributed by atoms with E-state index >= 15 is 0 Å². The maximum atomic E-state index is 11.6. The molecule has 0 saturated carbocycles. The molecule has 0 spiro atoms. The second-order valence-electron chi connectivity index (χ2n) is 7.18. The smallest absolute Gasteiger partial charge is 0.220 e. The van der Waals surface area contributed by atoms with Crippen LogP contribution >= 0.6 is 24.0 Å². The maximum absolute atomic E-state index is 11.6. The Morgan fingerprint density at radius 3 is 2.71 bits per heavy atom. The van der Waals surface area contributed by atoms with Gasteiger partial charge in [0, 0.05) is 57.3 Å². The first kappa shape index (κ1) is 22.5. The molecule has 1 fully saturated rings. The number of aliphatic imine (C=N–C) groups is 1. The molecule has 1 saturated heterocycles. The van der Waals surface area contributed by atoms with Crippen LogP contribution in [0.25, 0.3) is 10.9 Å². The number of piperidine rings is 1. The molecule has 2 aromatic rings. The first-order valence-electron chi connectivity index (χ1n) is 10.00. The molecule has 0 atom stereocenters. The standard InChI is InChI=1S/C21H31N5O.HI/c1-3-23-21(26-12-9-16(10-13-26)14-20(27)22-2)24-11-8-18-15-17-6-4-5-7-19(17)25-18;/h4-7,15-16,25H,3,8-14H2,1-2H3,(H,22,27)(H,23,24);1H. The first-order valence-corrected chi connectivity index (χ1v) is 10.00. The van der Waals surface area contributed by atoms with Crippen LogP contribution < -0.4 is 10.6 Å². The number of likely N-dealkylation sites (tertiary alicyclic amines) is 1. The van der Waals surface area contributed by atoms with E-state index in [-0.39, 0.29) is 29.9 Å². The summed E-state index contributed by atoms with van der Waals surface area (Å²) in [5.41, 5.74) is 2.40. The van der Waals surface area contributed by atoms with Crippen LogP contribution in [0.3, 0.4) is 0 Å². The SMILES string of the molecule is CCNC(=NCCc1cc2ccccc2[nH]1)N1CCC(CC(=O)NC)CC1.I. The lowest BCUT2D eigenvalue weighted by Gasteiger charge is -2.34. The van der Waals surface area contributed by atoms with Crippen molar-refractivity contribution < 1.29 is 4.79 Å². The van der Waals surface area contributed by atoms with Gasteiger partial charge in [0.25, 0.3) is 0 Å². The molecular weight excluding hydrogens is 465 g/mol. The zero-order valence-electron chi connectivity index (χ0n) is 16.8. The highest BCUT2D eigenvalue weighted by atomic mass is 127. The third-order valence-electron chi connectivity index (χ3n) is 5.23. The number of fused-ring (bicyclic) bond motifs is 1. The summed E-state index contributed by atoms with van der Waals surface area (Å²) in [6.45, 7) is 5.64. The average molecular weight is 497 g/mol. The maximum Gasteiger partial charge on any atom is 0.220 e. The summed E-state index contributed by atoms with van der Waals surface area (Å²) in [4.78, 5) is 22.2. The minimum absolute atomic E-state index is 0. The monoisotopic (exact) mass is 497 g/mol. The van der Waals surface area contributed by atoms with Gasteiger partial charge in [-0.25, -0.2) is 0 Å². The number of carbonyl (C=O) groups excluding carboxylic acids is 1. The van der Waals surface area contributed by atoms with Gasteiger partial charge >= 0.3 is 0 Å². The molecule has 1 aliphatic rings. The Bertz CT molecular complexity index is 747. The van der Waals surface area contributed by atoms with E-state index in [4.69, 9.17) is 4.99 Å². The van der Waals surface area contributed by atoms with Crippen molar-refractivity contribution in [3.63, 3.8) is 0 Å². The summed E-state index contributed by atoms with van der Waals surface area (Å²) in [6, 6.07) is 10.6. The molecule has 2 heterocycles. The Balaban J connectivity index is 0.00000280. The number of benzene rings is 1. The molecule has 3 N–H and O–H groups in total. The minimum Gasteiger partial charge on any atom is -0.359 e. The van der Waals surface area contributed by atoms with Crippen molar-refractivity contribution in [2.45, 2.75) is 32.6 Å². The van der Waals surface area contributed by atoms with Gasteiger partial charge in [-0.2, -0.15) is 0 Å². The number of halogens is 1. The Hall–Kier alpha value is -1.77. The Morgan fingerprint density at radius 1 is 1.29 bits per heavy atom. The number of hydrogen-bond acceptors (Lipinski definition) is 2. The van der Waals surface area contributed by atoms with E-state index in [1.807, 2.05) is 0 Å². The topological polar surface area (TPSA) is 72.5 Å². The molecule has 0 bridgehead atoms. The second-order valence-corrected chi connectivity index (χ2v) is 7.18. The summed E-state index contributed by atoms with van der Waals surface area (Å²) in [5.74, 6) is 1.62. The van der Waals surface area contributed by atoms with Crippen molar-refractivity contribution in [3.8, 4) is 0 Å². The normalized spacial score (nSPS) is 15.4. The van der Waals surface area contributed by atoms with Crippen LogP contribution in [-0.4, -0.2) is 55.0 Å². The largest absolute Gasteiger partial charge is 0.359 e. The molecule has 154 valence electrons. The van der Waals surface area contributed by atoms with E-state index in [9.17, 15) is 4.79 Å². The van der Waals surface area contributed by atoms with Crippen LogP contribution in [0, 0.1) is 5.92 Å². The highest BCUT2D eigenvalue weighted by molar-refractivity contribution is 14.0. The quantitative estimate of drug-likeness (QED) is 0.326. The van der Waals surface area contributed by atoms with Crippen LogP contribution in [0.1, 0.15) is 31.9 Å². The fraction of sp³-hybridized carbons (Fsp3) is 0.524. The van der Waals surface area contributed by atoms with Gasteiger partial charge in [0.1, 0.15) is 0 Å². The number of carbonyl (C=O) groups is 1. The van der Waals surface area contributed by atoms with E-state index in [1.54, 1.807) is 7.05 Å². The van der Waals surface area contributed by atoms with Crippen molar-refractivity contribution in [2.24, 2.45) is 10.9 Å². The lowest BCUT2D eigenvalue weighted by molar-refractivity contribution is -0.121. The van der Waals surface area contributed by atoms with Gasteiger partial charge in [0.15, 0.2) is 5.96 Å². The lowest BCUT2D eigenvalue weighted by atomic mass is 9.93. The van der Waals surface area contributed by atoms with E-state index in [0.717, 1.165) is 51.4 Å². The molecule has 1 aromatic heterocycles. The van der Waals surface area contributed by atoms with E-state index in [1.165, 1.54) is 16.6 Å². The van der Waals surface area contributed by atoms with Gasteiger partial charge in [0.2, 0.25) is 5.91 Å². The number of nitrogens with one attached hydrogen (secondary N) is 3. The van der Waals surface area contributed by atoms with Gasteiger partial charge < -0.3 is 20.5 Å². The van der Waals surface area contributed by atoms with Crippen LogP contribution in [0.4, 0.5) is 0 Å². The van der Waals surface area contributed by atoms with Gasteiger partial charge in [0.05, 0.1) is 0 Å². The van der Waals surface area contributed by atoms with Gasteiger partial charge in [-0.15, -0.1) is 24.0 Å². The van der Waals surface area contributed by atoms with E-state index in [2.05, 4.69) is 57.8 Å². The number of amides is 1. The van der Waals surface area contributed by atoms with Crippen LogP contribution in [-0.2, 0) is 11.2 Å². The molecular formula is C21H32IN5O. The predicted molar refractivity (Wildman–Crippen MR) is 126 cm³/mol. The first-order chi connectivity index (χ1) is 13.2. The molecule has 1 aliphatic heterocycles. The number of guanidine groups is 1. The van der Waals surface area contributed by atoms with Crippen molar-refractivity contribution in [1.29, 1.82) is 0 Å².